The second-order valence-corrected chi connectivity index (χ2v) is 4.71. The molecule has 17 heavy (non-hydrogen) atoms. The zero-order valence-corrected chi connectivity index (χ0v) is 11.0. The van der Waals surface area contributed by atoms with E-state index >= 15 is 0 Å². The van der Waals surface area contributed by atoms with Crippen LogP contribution in [0.3, 0.4) is 0 Å². The van der Waals surface area contributed by atoms with Gasteiger partial charge < -0.3 is 5.73 Å². The molecule has 0 unspecified atom stereocenters. The molecule has 0 aliphatic rings. The third kappa shape index (κ3) is 3.11. The van der Waals surface area contributed by atoms with Crippen molar-refractivity contribution in [2.24, 2.45) is 5.73 Å². The largest absolute Gasteiger partial charge is 0.330 e. The van der Waals surface area contributed by atoms with Gasteiger partial charge in [0, 0.05) is 16.2 Å². The fraction of sp³-hybridized carbons (Fsp3) is 0.231. The van der Waals surface area contributed by atoms with E-state index in [1.807, 2.05) is 18.3 Å². The maximum atomic E-state index is 5.54. The number of nitrogens with zero attached hydrogens (tertiary/aromatic N) is 2. The van der Waals surface area contributed by atoms with E-state index in [0.717, 1.165) is 34.1 Å². The highest BCUT2D eigenvalue weighted by molar-refractivity contribution is 9.10. The van der Waals surface area contributed by atoms with E-state index in [4.69, 9.17) is 5.73 Å². The molecule has 1 heterocycles. The van der Waals surface area contributed by atoms with Gasteiger partial charge in [-0.25, -0.2) is 9.97 Å². The predicted molar refractivity (Wildman–Crippen MR) is 72.5 cm³/mol. The molecule has 88 valence electrons. The van der Waals surface area contributed by atoms with E-state index in [1.54, 1.807) is 6.33 Å². The molecule has 0 saturated heterocycles. The molecule has 1 aromatic carbocycles. The van der Waals surface area contributed by atoms with Crippen LogP contribution in [0.2, 0.25) is 0 Å². The van der Waals surface area contributed by atoms with Crippen molar-refractivity contribution in [2.75, 3.05) is 6.54 Å². The van der Waals surface area contributed by atoms with Crippen LogP contribution >= 0.6 is 15.9 Å². The van der Waals surface area contributed by atoms with Crippen LogP contribution in [0.1, 0.15) is 12.0 Å². The number of nitrogens with two attached hydrogens (primary N) is 1. The molecule has 0 spiro atoms. The fourth-order valence-electron chi connectivity index (χ4n) is 1.73. The predicted octanol–water partition coefficient (Wildman–Crippen LogP) is 2.80. The van der Waals surface area contributed by atoms with Crippen molar-refractivity contribution < 1.29 is 0 Å². The highest BCUT2D eigenvalue weighted by Gasteiger charge is 2.06. The van der Waals surface area contributed by atoms with Crippen LogP contribution in [-0.4, -0.2) is 16.5 Å². The van der Waals surface area contributed by atoms with Crippen LogP contribution < -0.4 is 5.73 Å². The first-order valence-corrected chi connectivity index (χ1v) is 6.35. The van der Waals surface area contributed by atoms with Gasteiger partial charge in [0.15, 0.2) is 0 Å². The van der Waals surface area contributed by atoms with E-state index in [2.05, 4.69) is 38.0 Å². The number of rotatable bonds is 4. The summed E-state index contributed by atoms with van der Waals surface area (Å²) < 4.78 is 1.05. The molecule has 2 N–H and O–H groups in total. The first-order valence-electron chi connectivity index (χ1n) is 5.56. The summed E-state index contributed by atoms with van der Waals surface area (Å²) in [7, 11) is 0. The van der Waals surface area contributed by atoms with Crippen molar-refractivity contribution in [3.05, 3.63) is 46.8 Å². The standard InChI is InChI=1S/C13H14BrN3/c14-12-5-1-3-10(7-12)13-11(4-2-6-15)8-16-9-17-13/h1,3,5,7-9H,2,4,6,15H2. The molecule has 2 aromatic rings. The number of benzene rings is 1. The van der Waals surface area contributed by atoms with Crippen molar-refractivity contribution in [2.45, 2.75) is 12.8 Å². The molecule has 0 aliphatic carbocycles. The smallest absolute Gasteiger partial charge is 0.116 e. The van der Waals surface area contributed by atoms with Crippen molar-refractivity contribution in [3.63, 3.8) is 0 Å². The number of hydrogen-bond acceptors (Lipinski definition) is 3. The quantitative estimate of drug-likeness (QED) is 0.942. The summed E-state index contributed by atoms with van der Waals surface area (Å²) in [4.78, 5) is 8.45. The second kappa shape index (κ2) is 5.89. The van der Waals surface area contributed by atoms with E-state index < -0.39 is 0 Å². The minimum absolute atomic E-state index is 0.687. The second-order valence-electron chi connectivity index (χ2n) is 3.80. The molecule has 0 radical (unpaired) electrons. The Kier molecular flexibility index (Phi) is 4.23. The Labute approximate surface area is 109 Å². The summed E-state index contributed by atoms with van der Waals surface area (Å²) in [5, 5.41) is 0. The third-order valence-electron chi connectivity index (χ3n) is 2.54. The lowest BCUT2D eigenvalue weighted by Crippen LogP contribution is -2.02. The SMILES string of the molecule is NCCCc1cncnc1-c1cccc(Br)c1. The number of hydrogen-bond donors (Lipinski definition) is 1. The van der Waals surface area contributed by atoms with Gasteiger partial charge in [0.1, 0.15) is 6.33 Å². The minimum Gasteiger partial charge on any atom is -0.330 e. The molecule has 1 aromatic heterocycles. The number of halogens is 1. The molecule has 0 amide bonds. The lowest BCUT2D eigenvalue weighted by Gasteiger charge is -2.07. The first-order chi connectivity index (χ1) is 8.31. The van der Waals surface area contributed by atoms with Gasteiger partial charge >= 0.3 is 0 Å². The highest BCUT2D eigenvalue weighted by Crippen LogP contribution is 2.24. The normalized spacial score (nSPS) is 10.5. The average Bonchev–Trinajstić information content (AvgIpc) is 2.37. The molecule has 0 bridgehead atoms. The summed E-state index contributed by atoms with van der Waals surface area (Å²) in [6.07, 6.45) is 5.33. The number of aromatic nitrogens is 2. The van der Waals surface area contributed by atoms with Crippen LogP contribution in [0.25, 0.3) is 11.3 Å². The van der Waals surface area contributed by atoms with Crippen molar-refractivity contribution in [1.29, 1.82) is 0 Å². The van der Waals surface area contributed by atoms with Crippen LogP contribution in [0, 0.1) is 0 Å². The van der Waals surface area contributed by atoms with Gasteiger partial charge in [-0.05, 0) is 37.1 Å². The highest BCUT2D eigenvalue weighted by atomic mass is 79.9. The number of aryl methyl sites for hydroxylation is 1. The molecule has 3 nitrogen and oxygen atoms in total. The fourth-order valence-corrected chi connectivity index (χ4v) is 2.13. The molecular weight excluding hydrogens is 278 g/mol. The minimum atomic E-state index is 0.687. The van der Waals surface area contributed by atoms with E-state index in [-0.39, 0.29) is 0 Å². The van der Waals surface area contributed by atoms with Crippen LogP contribution in [0.4, 0.5) is 0 Å². The Hall–Kier alpha value is -1.26. The van der Waals surface area contributed by atoms with E-state index in [9.17, 15) is 0 Å². The Morgan fingerprint density at radius 2 is 2.18 bits per heavy atom. The summed E-state index contributed by atoms with van der Waals surface area (Å²) in [6.45, 7) is 0.687. The maximum Gasteiger partial charge on any atom is 0.116 e. The van der Waals surface area contributed by atoms with Crippen molar-refractivity contribution >= 4 is 15.9 Å². The van der Waals surface area contributed by atoms with Gasteiger partial charge in [0.2, 0.25) is 0 Å². The third-order valence-corrected chi connectivity index (χ3v) is 3.03. The van der Waals surface area contributed by atoms with Crippen LogP contribution in [-0.2, 0) is 6.42 Å². The lowest BCUT2D eigenvalue weighted by atomic mass is 10.0. The van der Waals surface area contributed by atoms with Crippen molar-refractivity contribution in [1.82, 2.24) is 9.97 Å². The lowest BCUT2D eigenvalue weighted by molar-refractivity contribution is 0.825. The molecule has 0 fully saturated rings. The maximum absolute atomic E-state index is 5.54. The van der Waals surface area contributed by atoms with E-state index in [1.165, 1.54) is 0 Å². The topological polar surface area (TPSA) is 51.8 Å². The van der Waals surface area contributed by atoms with Gasteiger partial charge in [-0.2, -0.15) is 0 Å². The molecule has 0 aliphatic heterocycles. The first kappa shape index (κ1) is 12.2. The molecule has 2 rings (SSSR count). The summed E-state index contributed by atoms with van der Waals surface area (Å²) in [6, 6.07) is 8.13. The van der Waals surface area contributed by atoms with Gasteiger partial charge in [0.05, 0.1) is 5.69 Å². The van der Waals surface area contributed by atoms with Gasteiger partial charge in [-0.3, -0.25) is 0 Å². The Balaban J connectivity index is 2.37. The van der Waals surface area contributed by atoms with Crippen LogP contribution in [0.15, 0.2) is 41.3 Å². The average molecular weight is 292 g/mol. The van der Waals surface area contributed by atoms with Gasteiger partial charge in [-0.15, -0.1) is 0 Å². The van der Waals surface area contributed by atoms with Crippen molar-refractivity contribution in [3.8, 4) is 11.3 Å². The van der Waals surface area contributed by atoms with Crippen LogP contribution in [0.5, 0.6) is 0 Å². The Morgan fingerprint density at radius 3 is 2.94 bits per heavy atom. The zero-order chi connectivity index (χ0) is 12.1. The molecule has 0 atom stereocenters. The van der Waals surface area contributed by atoms with E-state index in [0.29, 0.717) is 6.54 Å². The Bertz CT molecular complexity index is 500. The van der Waals surface area contributed by atoms with Gasteiger partial charge in [0.25, 0.3) is 0 Å². The summed E-state index contributed by atoms with van der Waals surface area (Å²) in [5.41, 5.74) is 8.79. The summed E-state index contributed by atoms with van der Waals surface area (Å²) in [5.74, 6) is 0. The molecule has 4 heteroatoms. The molecule has 0 saturated carbocycles. The van der Waals surface area contributed by atoms with Gasteiger partial charge in [-0.1, -0.05) is 28.1 Å². The summed E-state index contributed by atoms with van der Waals surface area (Å²) >= 11 is 3.47. The Morgan fingerprint density at radius 1 is 1.29 bits per heavy atom. The molecular formula is C13H14BrN3. The monoisotopic (exact) mass is 291 g/mol. The zero-order valence-electron chi connectivity index (χ0n) is 9.44.